The number of allylic oxidation sites excluding steroid dienone is 3. The zero-order valence-electron chi connectivity index (χ0n) is 16.7. The van der Waals surface area contributed by atoms with Gasteiger partial charge in [-0.15, -0.1) is 0 Å². The normalized spacial score (nSPS) is 35.6. The van der Waals surface area contributed by atoms with Crippen molar-refractivity contribution < 1.29 is 9.47 Å². The molecule has 0 aromatic rings. The van der Waals surface area contributed by atoms with Crippen LogP contribution in [0.4, 0.5) is 0 Å². The third-order valence-electron chi connectivity index (χ3n) is 6.39. The van der Waals surface area contributed by atoms with E-state index in [-0.39, 0.29) is 5.90 Å². The molecule has 3 fully saturated rings. The molecule has 2 heterocycles. The summed E-state index contributed by atoms with van der Waals surface area (Å²) in [6, 6.07) is 6.37. The molecule has 6 heteroatoms. The molecule has 0 aromatic heterocycles. The quantitative estimate of drug-likeness (QED) is 0.723. The zero-order valence-corrected chi connectivity index (χ0v) is 16.7. The molecule has 146 valence electrons. The van der Waals surface area contributed by atoms with E-state index in [4.69, 9.17) is 14.9 Å². The third kappa shape index (κ3) is 2.58. The highest BCUT2D eigenvalue weighted by molar-refractivity contribution is 5.89. The molecule has 4 atom stereocenters. The number of hydrogen-bond acceptors (Lipinski definition) is 6. The minimum Gasteiger partial charge on any atom is -0.447 e. The molecule has 1 N–H and O–H groups in total. The fourth-order valence-corrected chi connectivity index (χ4v) is 4.98. The first kappa shape index (κ1) is 20.1. The Balaban J connectivity index is 2.08. The van der Waals surface area contributed by atoms with Gasteiger partial charge in [0.25, 0.3) is 0 Å². The summed E-state index contributed by atoms with van der Waals surface area (Å²) in [4.78, 5) is 0. The first-order valence-corrected chi connectivity index (χ1v) is 9.82. The molecule has 1 saturated carbocycles. The van der Waals surface area contributed by atoms with Gasteiger partial charge in [-0.05, 0) is 46.5 Å². The molecule has 2 bridgehead atoms. The number of rotatable bonds is 4. The van der Waals surface area contributed by atoms with Gasteiger partial charge in [0.15, 0.2) is 5.41 Å². The Morgan fingerprint density at radius 2 is 1.89 bits per heavy atom. The molecular formula is C22H26N4O2. The van der Waals surface area contributed by atoms with Gasteiger partial charge in [-0.1, -0.05) is 29.7 Å². The molecule has 0 spiro atoms. The SMILES string of the molecule is CC(C)=CCC/C(C)=C/C1OC23CCCCC2C(C#N)(C(=N)O3)C1(C#N)C#N. The summed E-state index contributed by atoms with van der Waals surface area (Å²) in [6.45, 7) is 6.03. The molecule has 0 amide bonds. The van der Waals surface area contributed by atoms with Crippen LogP contribution in [-0.4, -0.2) is 17.8 Å². The van der Waals surface area contributed by atoms with Crippen molar-refractivity contribution in [1.29, 1.82) is 21.2 Å². The van der Waals surface area contributed by atoms with E-state index in [1.54, 1.807) is 6.08 Å². The molecular weight excluding hydrogens is 352 g/mol. The van der Waals surface area contributed by atoms with Crippen LogP contribution in [0.1, 0.15) is 59.3 Å². The number of nitriles is 3. The Morgan fingerprint density at radius 1 is 1.18 bits per heavy atom. The van der Waals surface area contributed by atoms with Crippen LogP contribution in [0, 0.1) is 56.2 Å². The van der Waals surface area contributed by atoms with Gasteiger partial charge < -0.3 is 9.47 Å². The first-order valence-electron chi connectivity index (χ1n) is 9.82. The maximum atomic E-state index is 10.2. The third-order valence-corrected chi connectivity index (χ3v) is 6.39. The van der Waals surface area contributed by atoms with E-state index in [0.29, 0.717) is 12.8 Å². The van der Waals surface area contributed by atoms with Crippen LogP contribution >= 0.6 is 0 Å². The maximum absolute atomic E-state index is 10.2. The lowest BCUT2D eigenvalue weighted by molar-refractivity contribution is -0.280. The zero-order chi connectivity index (χ0) is 20.6. The topological polar surface area (TPSA) is 114 Å². The van der Waals surface area contributed by atoms with Crippen molar-refractivity contribution in [1.82, 2.24) is 0 Å². The second-order valence-corrected chi connectivity index (χ2v) is 8.36. The Labute approximate surface area is 166 Å². The van der Waals surface area contributed by atoms with E-state index in [9.17, 15) is 15.8 Å². The van der Waals surface area contributed by atoms with E-state index < -0.39 is 28.6 Å². The van der Waals surface area contributed by atoms with Crippen LogP contribution < -0.4 is 0 Å². The first-order chi connectivity index (χ1) is 13.3. The molecule has 3 rings (SSSR count). The van der Waals surface area contributed by atoms with Gasteiger partial charge in [-0.2, -0.15) is 15.8 Å². The summed E-state index contributed by atoms with van der Waals surface area (Å²) < 4.78 is 12.2. The summed E-state index contributed by atoms with van der Waals surface area (Å²) in [5.41, 5.74) is -1.19. The Bertz CT molecular complexity index is 850. The molecule has 0 radical (unpaired) electrons. The Morgan fingerprint density at radius 3 is 2.50 bits per heavy atom. The summed E-state index contributed by atoms with van der Waals surface area (Å²) in [7, 11) is 0. The largest absolute Gasteiger partial charge is 0.447 e. The molecule has 1 aliphatic carbocycles. The molecule has 4 unspecified atom stereocenters. The summed E-state index contributed by atoms with van der Waals surface area (Å²) in [6.07, 6.45) is 7.56. The lowest BCUT2D eigenvalue weighted by Crippen LogP contribution is -2.63. The Kier molecular flexibility index (Phi) is 5.09. The summed E-state index contributed by atoms with van der Waals surface area (Å²) >= 11 is 0. The van der Waals surface area contributed by atoms with Crippen LogP contribution in [0.25, 0.3) is 0 Å². The monoisotopic (exact) mass is 378 g/mol. The molecule has 3 aliphatic rings. The van der Waals surface area contributed by atoms with Gasteiger partial charge in [-0.3, -0.25) is 5.41 Å². The van der Waals surface area contributed by atoms with Crippen molar-refractivity contribution in [2.45, 2.75) is 71.2 Å². The van der Waals surface area contributed by atoms with Crippen LogP contribution in [0.15, 0.2) is 23.3 Å². The Hall–Kier alpha value is -2.62. The van der Waals surface area contributed by atoms with Gasteiger partial charge in [0, 0.05) is 6.42 Å². The highest BCUT2D eigenvalue weighted by Gasteiger charge is 2.79. The van der Waals surface area contributed by atoms with Crippen molar-refractivity contribution in [3.63, 3.8) is 0 Å². The fourth-order valence-electron chi connectivity index (χ4n) is 4.98. The highest BCUT2D eigenvalue weighted by atomic mass is 16.7. The maximum Gasteiger partial charge on any atom is 0.217 e. The second-order valence-electron chi connectivity index (χ2n) is 8.36. The lowest BCUT2D eigenvalue weighted by Gasteiger charge is -2.50. The second kappa shape index (κ2) is 7.08. The van der Waals surface area contributed by atoms with Crippen LogP contribution in [0.3, 0.4) is 0 Å². The van der Waals surface area contributed by atoms with Crippen LogP contribution in [0.5, 0.6) is 0 Å². The summed E-state index contributed by atoms with van der Waals surface area (Å²) in [5, 5.41) is 38.8. The van der Waals surface area contributed by atoms with E-state index in [2.05, 4.69) is 24.3 Å². The average Bonchev–Trinajstić information content (AvgIpc) is 2.87. The van der Waals surface area contributed by atoms with Gasteiger partial charge >= 0.3 is 0 Å². The standard InChI is InChI=1S/C22H26N4O2/c1-15(2)7-6-8-16(3)11-18-20(12-23,13-24)21(14-25)17-9-4-5-10-22(17,27-18)28-19(21)26/h7,11,17-18,26H,4-6,8-10H2,1-3H3/b16-11+,26-19?. The highest BCUT2D eigenvalue weighted by Crippen LogP contribution is 2.66. The van der Waals surface area contributed by atoms with Crippen LogP contribution in [-0.2, 0) is 9.47 Å². The molecule has 2 saturated heterocycles. The van der Waals surface area contributed by atoms with Gasteiger partial charge in [0.2, 0.25) is 17.1 Å². The molecule has 2 aliphatic heterocycles. The van der Waals surface area contributed by atoms with Gasteiger partial charge in [-0.25, -0.2) is 0 Å². The minimum atomic E-state index is -1.81. The van der Waals surface area contributed by atoms with Crippen LogP contribution in [0.2, 0.25) is 0 Å². The number of ether oxygens (including phenoxy) is 2. The van der Waals surface area contributed by atoms with Gasteiger partial charge in [0.05, 0.1) is 24.1 Å². The molecule has 6 nitrogen and oxygen atoms in total. The number of hydrogen-bond donors (Lipinski definition) is 1. The number of nitrogens with one attached hydrogen (secondary N) is 1. The van der Waals surface area contributed by atoms with Gasteiger partial charge in [0.1, 0.15) is 6.10 Å². The van der Waals surface area contributed by atoms with Crippen molar-refractivity contribution in [3.05, 3.63) is 23.3 Å². The van der Waals surface area contributed by atoms with Crippen molar-refractivity contribution in [2.75, 3.05) is 0 Å². The average molecular weight is 378 g/mol. The molecule has 0 aromatic carbocycles. The van der Waals surface area contributed by atoms with E-state index in [1.807, 2.05) is 20.8 Å². The van der Waals surface area contributed by atoms with Crippen molar-refractivity contribution >= 4 is 5.90 Å². The summed E-state index contributed by atoms with van der Waals surface area (Å²) in [5.74, 6) is -1.84. The van der Waals surface area contributed by atoms with Crippen molar-refractivity contribution in [2.24, 2.45) is 16.7 Å². The minimum absolute atomic E-state index is 0.289. The molecule has 28 heavy (non-hydrogen) atoms. The number of nitrogens with zero attached hydrogens (tertiary/aromatic N) is 3. The van der Waals surface area contributed by atoms with Crippen molar-refractivity contribution in [3.8, 4) is 18.2 Å². The lowest BCUT2D eigenvalue weighted by atomic mass is 9.52. The van der Waals surface area contributed by atoms with E-state index in [0.717, 1.165) is 31.3 Å². The fraction of sp³-hybridized carbons (Fsp3) is 0.636. The predicted octanol–water partition coefficient (Wildman–Crippen LogP) is 4.52. The smallest absolute Gasteiger partial charge is 0.217 e. The predicted molar refractivity (Wildman–Crippen MR) is 103 cm³/mol. The van der Waals surface area contributed by atoms with E-state index >= 15 is 0 Å². The van der Waals surface area contributed by atoms with E-state index in [1.165, 1.54) is 5.57 Å².